The van der Waals surface area contributed by atoms with Gasteiger partial charge in [-0.15, -0.1) is 5.10 Å². The van der Waals surface area contributed by atoms with Gasteiger partial charge >= 0.3 is 0 Å². The van der Waals surface area contributed by atoms with E-state index in [-0.39, 0.29) is 11.4 Å². The van der Waals surface area contributed by atoms with Crippen molar-refractivity contribution in [2.75, 3.05) is 18.8 Å². The van der Waals surface area contributed by atoms with Crippen LogP contribution in [-0.2, 0) is 11.3 Å². The van der Waals surface area contributed by atoms with Gasteiger partial charge in [-0.3, -0.25) is 4.79 Å². The smallest absolute Gasteiger partial charge is 0.230 e. The summed E-state index contributed by atoms with van der Waals surface area (Å²) in [6.45, 7) is 8.64. The molecule has 0 unspecified atom stereocenters. The third kappa shape index (κ3) is 6.43. The second-order valence-electron chi connectivity index (χ2n) is 6.40. The molecule has 118 valence electrons. The third-order valence-electron chi connectivity index (χ3n) is 3.10. The number of nitrogens with zero attached hydrogens (tertiary/aromatic N) is 4. The molecule has 1 aliphatic rings. The van der Waals surface area contributed by atoms with Gasteiger partial charge in [0.25, 0.3) is 0 Å². The second-order valence-corrected chi connectivity index (χ2v) is 7.34. The van der Waals surface area contributed by atoms with E-state index in [2.05, 4.69) is 46.9 Å². The molecule has 8 heteroatoms. The number of aromatic nitrogens is 4. The molecule has 0 aromatic carbocycles. The van der Waals surface area contributed by atoms with E-state index in [1.165, 1.54) is 24.6 Å². The van der Waals surface area contributed by atoms with Crippen LogP contribution in [0, 0.1) is 5.92 Å². The average molecular weight is 312 g/mol. The van der Waals surface area contributed by atoms with E-state index < -0.39 is 0 Å². The summed E-state index contributed by atoms with van der Waals surface area (Å²) in [7, 11) is 0. The maximum atomic E-state index is 11.7. The second kappa shape index (κ2) is 7.22. The van der Waals surface area contributed by atoms with Gasteiger partial charge in [-0.2, -0.15) is 0 Å². The van der Waals surface area contributed by atoms with Crippen molar-refractivity contribution in [2.24, 2.45) is 5.92 Å². The van der Waals surface area contributed by atoms with E-state index in [1.807, 2.05) is 0 Å². The number of rotatable bonds is 8. The Morgan fingerprint density at radius 1 is 1.43 bits per heavy atom. The van der Waals surface area contributed by atoms with Crippen LogP contribution < -0.4 is 10.6 Å². The van der Waals surface area contributed by atoms with E-state index in [1.54, 1.807) is 4.68 Å². The Labute approximate surface area is 129 Å². The molecule has 1 saturated carbocycles. The van der Waals surface area contributed by atoms with Gasteiger partial charge in [-0.1, -0.05) is 11.8 Å². The Balaban J connectivity index is 1.70. The summed E-state index contributed by atoms with van der Waals surface area (Å²) in [5.74, 6) is 1.11. The molecule has 0 radical (unpaired) electrons. The highest BCUT2D eigenvalue weighted by Gasteiger charge is 2.21. The molecule has 1 aromatic heterocycles. The first-order valence-corrected chi connectivity index (χ1v) is 8.33. The number of thioether (sulfide) groups is 1. The van der Waals surface area contributed by atoms with Gasteiger partial charge in [-0.05, 0) is 50.0 Å². The van der Waals surface area contributed by atoms with Crippen LogP contribution in [0.5, 0.6) is 0 Å². The normalized spacial score (nSPS) is 15.2. The SMILES string of the molecule is CC(C)(C)NCCn1nnnc1SCC(=O)NCC1CC1. The molecule has 2 N–H and O–H groups in total. The summed E-state index contributed by atoms with van der Waals surface area (Å²) in [6.07, 6.45) is 2.49. The number of carbonyl (C=O) groups is 1. The molecule has 21 heavy (non-hydrogen) atoms. The first-order valence-electron chi connectivity index (χ1n) is 7.35. The maximum absolute atomic E-state index is 11.7. The molecule has 7 nitrogen and oxygen atoms in total. The first-order chi connectivity index (χ1) is 9.94. The minimum atomic E-state index is 0.0502. The quantitative estimate of drug-likeness (QED) is 0.687. The standard InChI is InChI=1S/C13H24N6OS/c1-13(2,3)15-6-7-19-12(16-17-18-19)21-9-11(20)14-8-10-4-5-10/h10,15H,4-9H2,1-3H3,(H,14,20). The number of hydrogen-bond donors (Lipinski definition) is 2. The molecule has 1 amide bonds. The molecule has 0 spiro atoms. The molecular formula is C13H24N6OS. The van der Waals surface area contributed by atoms with Crippen molar-refractivity contribution in [3.8, 4) is 0 Å². The van der Waals surface area contributed by atoms with Crippen LogP contribution >= 0.6 is 11.8 Å². The lowest BCUT2D eigenvalue weighted by Crippen LogP contribution is -2.38. The summed E-state index contributed by atoms with van der Waals surface area (Å²) in [4.78, 5) is 11.7. The summed E-state index contributed by atoms with van der Waals surface area (Å²) in [5, 5.41) is 18.6. The lowest BCUT2D eigenvalue weighted by Gasteiger charge is -2.20. The van der Waals surface area contributed by atoms with Gasteiger partial charge in [0.15, 0.2) is 0 Å². The molecule has 1 fully saturated rings. The fourth-order valence-corrected chi connectivity index (χ4v) is 2.47. The van der Waals surface area contributed by atoms with Crippen LogP contribution in [0.1, 0.15) is 33.6 Å². The van der Waals surface area contributed by atoms with Crippen LogP contribution in [-0.4, -0.2) is 50.5 Å². The van der Waals surface area contributed by atoms with E-state index >= 15 is 0 Å². The predicted octanol–water partition coefficient (Wildman–Crippen LogP) is 0.680. The van der Waals surface area contributed by atoms with Gasteiger partial charge < -0.3 is 10.6 Å². The molecule has 1 heterocycles. The average Bonchev–Trinajstić information content (AvgIpc) is 3.12. The van der Waals surface area contributed by atoms with Gasteiger partial charge in [0.1, 0.15) is 0 Å². The number of nitrogens with one attached hydrogen (secondary N) is 2. The van der Waals surface area contributed by atoms with E-state index in [0.29, 0.717) is 23.4 Å². The van der Waals surface area contributed by atoms with Gasteiger partial charge in [0, 0.05) is 18.6 Å². The zero-order chi connectivity index (χ0) is 15.3. The predicted molar refractivity (Wildman–Crippen MR) is 82.0 cm³/mol. The highest BCUT2D eigenvalue weighted by molar-refractivity contribution is 7.99. The Morgan fingerprint density at radius 2 is 2.19 bits per heavy atom. The summed E-state index contributed by atoms with van der Waals surface area (Å²) >= 11 is 1.38. The molecular weight excluding hydrogens is 288 g/mol. The Morgan fingerprint density at radius 3 is 2.86 bits per heavy atom. The minimum absolute atomic E-state index is 0.0502. The third-order valence-corrected chi connectivity index (χ3v) is 4.05. The highest BCUT2D eigenvalue weighted by atomic mass is 32.2. The molecule has 0 saturated heterocycles. The van der Waals surface area contributed by atoms with Crippen LogP contribution in [0.25, 0.3) is 0 Å². The lowest BCUT2D eigenvalue weighted by molar-refractivity contribution is -0.118. The van der Waals surface area contributed by atoms with Crippen molar-refractivity contribution in [1.29, 1.82) is 0 Å². The topological polar surface area (TPSA) is 84.7 Å². The molecule has 0 aliphatic heterocycles. The van der Waals surface area contributed by atoms with Crippen molar-refractivity contribution in [2.45, 2.75) is 50.9 Å². The summed E-state index contributed by atoms with van der Waals surface area (Å²) in [5.41, 5.74) is 0.0734. The largest absolute Gasteiger partial charge is 0.355 e. The van der Waals surface area contributed by atoms with Gasteiger partial charge in [-0.25, -0.2) is 4.68 Å². The van der Waals surface area contributed by atoms with Crippen molar-refractivity contribution in [1.82, 2.24) is 30.8 Å². The molecule has 1 aliphatic carbocycles. The lowest BCUT2D eigenvalue weighted by atomic mass is 10.1. The number of tetrazole rings is 1. The van der Waals surface area contributed by atoms with Crippen molar-refractivity contribution in [3.63, 3.8) is 0 Å². The van der Waals surface area contributed by atoms with Crippen LogP contribution in [0.2, 0.25) is 0 Å². The fourth-order valence-electron chi connectivity index (χ4n) is 1.74. The Hall–Kier alpha value is -1.15. The van der Waals surface area contributed by atoms with Crippen LogP contribution in [0.3, 0.4) is 0 Å². The highest BCUT2D eigenvalue weighted by Crippen LogP contribution is 2.27. The van der Waals surface area contributed by atoms with E-state index in [0.717, 1.165) is 13.1 Å². The monoisotopic (exact) mass is 312 g/mol. The summed E-state index contributed by atoms with van der Waals surface area (Å²) < 4.78 is 1.73. The molecule has 0 atom stereocenters. The van der Waals surface area contributed by atoms with Crippen LogP contribution in [0.15, 0.2) is 5.16 Å². The molecule has 2 rings (SSSR count). The Bertz CT molecular complexity index is 465. The van der Waals surface area contributed by atoms with Crippen molar-refractivity contribution < 1.29 is 4.79 Å². The minimum Gasteiger partial charge on any atom is -0.355 e. The van der Waals surface area contributed by atoms with Crippen LogP contribution in [0.4, 0.5) is 0 Å². The van der Waals surface area contributed by atoms with Crippen molar-refractivity contribution >= 4 is 17.7 Å². The van der Waals surface area contributed by atoms with Gasteiger partial charge in [0.2, 0.25) is 11.1 Å². The maximum Gasteiger partial charge on any atom is 0.230 e. The number of amides is 1. The van der Waals surface area contributed by atoms with Gasteiger partial charge in [0.05, 0.1) is 12.3 Å². The number of hydrogen-bond acceptors (Lipinski definition) is 6. The van der Waals surface area contributed by atoms with Crippen molar-refractivity contribution in [3.05, 3.63) is 0 Å². The zero-order valence-corrected chi connectivity index (χ0v) is 13.7. The fraction of sp³-hybridized carbons (Fsp3) is 0.846. The summed E-state index contributed by atoms with van der Waals surface area (Å²) in [6, 6.07) is 0. The Kier molecular flexibility index (Phi) is 5.58. The van der Waals surface area contributed by atoms with E-state index in [9.17, 15) is 4.79 Å². The van der Waals surface area contributed by atoms with E-state index in [4.69, 9.17) is 0 Å². The zero-order valence-electron chi connectivity index (χ0n) is 12.9. The first kappa shape index (κ1) is 16.2. The molecule has 1 aromatic rings. The molecule has 0 bridgehead atoms. The number of carbonyl (C=O) groups excluding carboxylic acids is 1.